The van der Waals surface area contributed by atoms with E-state index in [0.717, 1.165) is 6.42 Å². The van der Waals surface area contributed by atoms with Gasteiger partial charge in [0.2, 0.25) is 0 Å². The topological polar surface area (TPSA) is 37.3 Å². The molecule has 2 nitrogen and oxygen atoms in total. The van der Waals surface area contributed by atoms with Gasteiger partial charge in [0, 0.05) is 0 Å². The normalized spacial score (nSPS) is 12.4. The summed E-state index contributed by atoms with van der Waals surface area (Å²) in [7, 11) is 0. The van der Waals surface area contributed by atoms with Gasteiger partial charge in [-0.2, -0.15) is 0 Å². The Labute approximate surface area is 84.6 Å². The summed E-state index contributed by atoms with van der Waals surface area (Å²) in [5.74, 6) is -0.965. The molecule has 0 saturated carbocycles. The first kappa shape index (κ1) is 10.8. The Bertz CT molecular complexity index is 318. The Kier molecular flexibility index (Phi) is 3.69. The zero-order valence-electron chi connectivity index (χ0n) is 8.66. The Morgan fingerprint density at radius 3 is 2.79 bits per heavy atom. The average molecular weight is 192 g/mol. The van der Waals surface area contributed by atoms with Crippen molar-refractivity contribution in [1.29, 1.82) is 0 Å². The molecule has 1 aromatic carbocycles. The Morgan fingerprint density at radius 1 is 1.50 bits per heavy atom. The second-order valence-electron chi connectivity index (χ2n) is 3.77. The lowest BCUT2D eigenvalue weighted by molar-refractivity contribution is -0.141. The number of carboxylic acid groups (broad SMARTS) is 1. The average Bonchev–Trinajstić information content (AvgIpc) is 2.14. The molecule has 1 N–H and O–H groups in total. The maximum atomic E-state index is 10.6. The third-order valence-electron chi connectivity index (χ3n) is 2.37. The van der Waals surface area contributed by atoms with Gasteiger partial charge in [-0.3, -0.25) is 4.79 Å². The van der Waals surface area contributed by atoms with E-state index in [9.17, 15) is 4.79 Å². The first-order valence-corrected chi connectivity index (χ1v) is 4.88. The molecule has 0 amide bonds. The minimum Gasteiger partial charge on any atom is -0.481 e. The summed E-state index contributed by atoms with van der Waals surface area (Å²) in [6, 6.07) is 8.20. The number of carboxylic acids is 1. The smallest absolute Gasteiger partial charge is 0.306 e. The summed E-state index contributed by atoms with van der Waals surface area (Å²) in [5, 5.41) is 8.71. The van der Waals surface area contributed by atoms with Crippen molar-refractivity contribution in [3.05, 3.63) is 35.4 Å². The van der Waals surface area contributed by atoms with Gasteiger partial charge >= 0.3 is 5.97 Å². The number of carbonyl (C=O) groups is 1. The minimum absolute atomic E-state index is 0.254. The molecule has 0 saturated heterocycles. The Morgan fingerprint density at radius 2 is 2.21 bits per heavy atom. The van der Waals surface area contributed by atoms with Crippen molar-refractivity contribution >= 4 is 5.97 Å². The van der Waals surface area contributed by atoms with Crippen LogP contribution in [-0.2, 0) is 11.2 Å². The summed E-state index contributed by atoms with van der Waals surface area (Å²) in [6.45, 7) is 3.79. The lowest BCUT2D eigenvalue weighted by atomic mass is 10.0. The highest BCUT2D eigenvalue weighted by Crippen LogP contribution is 2.11. The SMILES string of the molecule is Cc1cccc(CCC(C)C(=O)O)c1. The molecule has 0 aliphatic rings. The first-order chi connectivity index (χ1) is 6.59. The predicted molar refractivity (Wildman–Crippen MR) is 56.3 cm³/mol. The Hall–Kier alpha value is -1.31. The highest BCUT2D eigenvalue weighted by atomic mass is 16.4. The van der Waals surface area contributed by atoms with Gasteiger partial charge in [-0.15, -0.1) is 0 Å². The van der Waals surface area contributed by atoms with E-state index in [1.807, 2.05) is 25.1 Å². The molecule has 1 aromatic rings. The molecule has 0 aliphatic carbocycles. The number of aliphatic carboxylic acids is 1. The molecule has 0 radical (unpaired) electrons. The highest BCUT2D eigenvalue weighted by Gasteiger charge is 2.10. The van der Waals surface area contributed by atoms with Gasteiger partial charge in [-0.1, -0.05) is 36.8 Å². The van der Waals surface area contributed by atoms with Crippen LogP contribution in [0.3, 0.4) is 0 Å². The van der Waals surface area contributed by atoms with Gasteiger partial charge in [-0.25, -0.2) is 0 Å². The second kappa shape index (κ2) is 4.80. The molecular weight excluding hydrogens is 176 g/mol. The minimum atomic E-state index is -0.711. The first-order valence-electron chi connectivity index (χ1n) is 4.88. The summed E-state index contributed by atoms with van der Waals surface area (Å²) >= 11 is 0. The maximum Gasteiger partial charge on any atom is 0.306 e. The van der Waals surface area contributed by atoms with Crippen molar-refractivity contribution < 1.29 is 9.90 Å². The van der Waals surface area contributed by atoms with Crippen molar-refractivity contribution in [1.82, 2.24) is 0 Å². The van der Waals surface area contributed by atoms with Crippen molar-refractivity contribution in [2.45, 2.75) is 26.7 Å². The standard InChI is InChI=1S/C12H16O2/c1-9-4-3-5-11(8-9)7-6-10(2)12(13)14/h3-5,8,10H,6-7H2,1-2H3,(H,13,14). The predicted octanol–water partition coefficient (Wildman–Crippen LogP) is 2.65. The van der Waals surface area contributed by atoms with E-state index in [0.29, 0.717) is 6.42 Å². The van der Waals surface area contributed by atoms with Gasteiger partial charge in [0.05, 0.1) is 5.92 Å². The highest BCUT2D eigenvalue weighted by molar-refractivity contribution is 5.69. The van der Waals surface area contributed by atoms with Crippen LogP contribution in [0.4, 0.5) is 0 Å². The van der Waals surface area contributed by atoms with Crippen LogP contribution >= 0.6 is 0 Å². The van der Waals surface area contributed by atoms with E-state index in [1.54, 1.807) is 6.92 Å². The summed E-state index contributed by atoms with van der Waals surface area (Å²) in [5.41, 5.74) is 2.45. The van der Waals surface area contributed by atoms with E-state index in [-0.39, 0.29) is 5.92 Å². The molecule has 0 fully saturated rings. The van der Waals surface area contributed by atoms with Gasteiger partial charge in [0.1, 0.15) is 0 Å². The third kappa shape index (κ3) is 3.21. The van der Waals surface area contributed by atoms with Crippen LogP contribution in [-0.4, -0.2) is 11.1 Å². The van der Waals surface area contributed by atoms with Gasteiger partial charge in [-0.05, 0) is 25.3 Å². The summed E-state index contributed by atoms with van der Waals surface area (Å²) in [6.07, 6.45) is 1.55. The molecule has 2 heteroatoms. The van der Waals surface area contributed by atoms with Crippen molar-refractivity contribution in [3.63, 3.8) is 0 Å². The van der Waals surface area contributed by atoms with Crippen LogP contribution in [0, 0.1) is 12.8 Å². The summed E-state index contributed by atoms with van der Waals surface area (Å²) < 4.78 is 0. The van der Waals surface area contributed by atoms with Gasteiger partial charge < -0.3 is 5.11 Å². The molecule has 0 aliphatic heterocycles. The van der Waals surface area contributed by atoms with Crippen LogP contribution in [0.15, 0.2) is 24.3 Å². The van der Waals surface area contributed by atoms with E-state index >= 15 is 0 Å². The van der Waals surface area contributed by atoms with E-state index in [2.05, 4.69) is 6.07 Å². The van der Waals surface area contributed by atoms with Crippen molar-refractivity contribution in [2.24, 2.45) is 5.92 Å². The van der Waals surface area contributed by atoms with Crippen LogP contribution in [0.25, 0.3) is 0 Å². The van der Waals surface area contributed by atoms with Gasteiger partial charge in [0.15, 0.2) is 0 Å². The molecule has 1 unspecified atom stereocenters. The molecule has 0 aromatic heterocycles. The van der Waals surface area contributed by atoms with Gasteiger partial charge in [0.25, 0.3) is 0 Å². The fourth-order valence-corrected chi connectivity index (χ4v) is 1.37. The third-order valence-corrected chi connectivity index (χ3v) is 2.37. The largest absolute Gasteiger partial charge is 0.481 e. The summed E-state index contributed by atoms with van der Waals surface area (Å²) in [4.78, 5) is 10.6. The molecule has 76 valence electrons. The molecular formula is C12H16O2. The number of hydrogen-bond acceptors (Lipinski definition) is 1. The lowest BCUT2D eigenvalue weighted by Gasteiger charge is -2.06. The van der Waals surface area contributed by atoms with Crippen LogP contribution < -0.4 is 0 Å². The molecule has 0 spiro atoms. The monoisotopic (exact) mass is 192 g/mol. The lowest BCUT2D eigenvalue weighted by Crippen LogP contribution is -2.10. The molecule has 14 heavy (non-hydrogen) atoms. The number of hydrogen-bond donors (Lipinski definition) is 1. The van der Waals surface area contributed by atoms with Crippen LogP contribution in [0.1, 0.15) is 24.5 Å². The Balaban J connectivity index is 2.49. The number of aryl methyl sites for hydroxylation is 2. The fraction of sp³-hybridized carbons (Fsp3) is 0.417. The van der Waals surface area contributed by atoms with Crippen molar-refractivity contribution in [2.75, 3.05) is 0 Å². The van der Waals surface area contributed by atoms with E-state index in [4.69, 9.17) is 5.11 Å². The molecule has 0 heterocycles. The zero-order valence-corrected chi connectivity index (χ0v) is 8.66. The van der Waals surface area contributed by atoms with Crippen molar-refractivity contribution in [3.8, 4) is 0 Å². The fourth-order valence-electron chi connectivity index (χ4n) is 1.37. The van der Waals surface area contributed by atoms with Crippen LogP contribution in [0.5, 0.6) is 0 Å². The quantitative estimate of drug-likeness (QED) is 0.796. The second-order valence-corrected chi connectivity index (χ2v) is 3.77. The zero-order chi connectivity index (χ0) is 10.6. The molecule has 1 rings (SSSR count). The van der Waals surface area contributed by atoms with E-state index < -0.39 is 5.97 Å². The number of rotatable bonds is 4. The maximum absolute atomic E-state index is 10.6. The number of benzene rings is 1. The van der Waals surface area contributed by atoms with E-state index in [1.165, 1.54) is 11.1 Å². The molecule has 1 atom stereocenters. The van der Waals surface area contributed by atoms with Crippen LogP contribution in [0.2, 0.25) is 0 Å². The molecule has 0 bridgehead atoms.